The Labute approximate surface area is 117 Å². The molecule has 1 fully saturated rings. The molecule has 0 bridgehead atoms. The van der Waals surface area contributed by atoms with Crippen molar-refractivity contribution in [2.75, 3.05) is 19.7 Å². The molecule has 1 heterocycles. The molecular weight excluding hydrogens is 269 g/mol. The lowest BCUT2D eigenvalue weighted by molar-refractivity contribution is 0.0176. The van der Waals surface area contributed by atoms with Gasteiger partial charge in [0, 0.05) is 19.1 Å². The van der Waals surface area contributed by atoms with Gasteiger partial charge in [-0.15, -0.1) is 0 Å². The van der Waals surface area contributed by atoms with Crippen molar-refractivity contribution in [3.63, 3.8) is 0 Å². The molecule has 3 nitrogen and oxygen atoms in total. The third-order valence-corrected chi connectivity index (χ3v) is 4.01. The first-order chi connectivity index (χ1) is 9.11. The SMILES string of the molecule is OCC1CC(O)CCN1CCc1cccc(Cl)c1F. The third kappa shape index (κ3) is 3.66. The highest BCUT2D eigenvalue weighted by molar-refractivity contribution is 6.30. The first-order valence-electron chi connectivity index (χ1n) is 6.57. The van der Waals surface area contributed by atoms with Crippen LogP contribution in [0.25, 0.3) is 0 Å². The maximum absolute atomic E-state index is 13.8. The Morgan fingerprint density at radius 3 is 2.95 bits per heavy atom. The summed E-state index contributed by atoms with van der Waals surface area (Å²) >= 11 is 5.75. The van der Waals surface area contributed by atoms with E-state index in [9.17, 15) is 14.6 Å². The Kier molecular flexibility index (Phi) is 5.16. The Balaban J connectivity index is 1.96. The summed E-state index contributed by atoms with van der Waals surface area (Å²) in [5.74, 6) is -0.359. The highest BCUT2D eigenvalue weighted by atomic mass is 35.5. The minimum absolute atomic E-state index is 0.0229. The average Bonchev–Trinajstić information content (AvgIpc) is 2.41. The van der Waals surface area contributed by atoms with Crippen molar-refractivity contribution >= 4 is 11.6 Å². The lowest BCUT2D eigenvalue weighted by Crippen LogP contribution is -2.47. The van der Waals surface area contributed by atoms with E-state index in [2.05, 4.69) is 4.90 Å². The minimum Gasteiger partial charge on any atom is -0.395 e. The molecule has 1 aliphatic heterocycles. The number of hydrogen-bond acceptors (Lipinski definition) is 3. The number of likely N-dealkylation sites (tertiary alicyclic amines) is 1. The summed E-state index contributed by atoms with van der Waals surface area (Å²) in [6.07, 6.45) is 1.50. The van der Waals surface area contributed by atoms with Gasteiger partial charge in [0.15, 0.2) is 0 Å². The van der Waals surface area contributed by atoms with Crippen LogP contribution >= 0.6 is 11.6 Å². The van der Waals surface area contributed by atoms with E-state index in [1.54, 1.807) is 12.1 Å². The van der Waals surface area contributed by atoms with Crippen LogP contribution in [0.15, 0.2) is 18.2 Å². The first-order valence-corrected chi connectivity index (χ1v) is 6.95. The molecule has 106 valence electrons. The number of piperidine rings is 1. The van der Waals surface area contributed by atoms with E-state index in [0.29, 0.717) is 31.4 Å². The maximum atomic E-state index is 13.8. The Morgan fingerprint density at radius 1 is 1.42 bits per heavy atom. The molecule has 1 aromatic rings. The van der Waals surface area contributed by atoms with E-state index >= 15 is 0 Å². The standard InChI is InChI=1S/C14H19ClFNO2/c15-13-3-1-2-10(14(13)16)4-6-17-7-5-12(19)8-11(17)9-18/h1-3,11-12,18-19H,4-9H2. The topological polar surface area (TPSA) is 43.7 Å². The van der Waals surface area contributed by atoms with Crippen LogP contribution in [0.4, 0.5) is 4.39 Å². The van der Waals surface area contributed by atoms with Gasteiger partial charge in [-0.3, -0.25) is 4.90 Å². The zero-order valence-corrected chi connectivity index (χ0v) is 11.5. The summed E-state index contributed by atoms with van der Waals surface area (Å²) in [7, 11) is 0. The molecule has 1 aromatic carbocycles. The molecular formula is C14H19ClFNO2. The number of nitrogens with zero attached hydrogens (tertiary/aromatic N) is 1. The summed E-state index contributed by atoms with van der Waals surface area (Å²) in [6, 6.07) is 4.97. The van der Waals surface area contributed by atoms with Gasteiger partial charge in [0.1, 0.15) is 5.82 Å². The van der Waals surface area contributed by atoms with E-state index in [-0.39, 0.29) is 29.6 Å². The van der Waals surface area contributed by atoms with Gasteiger partial charge in [-0.25, -0.2) is 4.39 Å². The van der Waals surface area contributed by atoms with E-state index in [1.165, 1.54) is 6.07 Å². The van der Waals surface area contributed by atoms with Crippen LogP contribution in [0.3, 0.4) is 0 Å². The molecule has 1 saturated heterocycles. The molecule has 19 heavy (non-hydrogen) atoms. The van der Waals surface area contributed by atoms with Crippen molar-refractivity contribution in [1.29, 1.82) is 0 Å². The number of halogens is 2. The molecule has 0 amide bonds. The lowest BCUT2D eigenvalue weighted by atomic mass is 9.99. The van der Waals surface area contributed by atoms with Crippen molar-refractivity contribution in [3.05, 3.63) is 34.6 Å². The number of aliphatic hydroxyl groups is 2. The largest absolute Gasteiger partial charge is 0.395 e. The minimum atomic E-state index is -0.359. The fourth-order valence-electron chi connectivity index (χ4n) is 2.57. The van der Waals surface area contributed by atoms with E-state index in [0.717, 1.165) is 6.54 Å². The molecule has 2 unspecified atom stereocenters. The predicted molar refractivity (Wildman–Crippen MR) is 72.8 cm³/mol. The van der Waals surface area contributed by atoms with Gasteiger partial charge < -0.3 is 10.2 Å². The summed E-state index contributed by atoms with van der Waals surface area (Å²) in [5.41, 5.74) is 0.593. The fourth-order valence-corrected chi connectivity index (χ4v) is 2.76. The van der Waals surface area contributed by atoms with Crippen LogP contribution in [0.1, 0.15) is 18.4 Å². The van der Waals surface area contributed by atoms with E-state index in [4.69, 9.17) is 11.6 Å². The molecule has 0 radical (unpaired) electrons. The predicted octanol–water partition coefficient (Wildman–Crippen LogP) is 1.84. The molecule has 1 aliphatic rings. The molecule has 2 N–H and O–H groups in total. The molecule has 0 aliphatic carbocycles. The summed E-state index contributed by atoms with van der Waals surface area (Å²) in [6.45, 7) is 1.42. The van der Waals surface area contributed by atoms with Crippen LogP contribution < -0.4 is 0 Å². The molecule has 2 rings (SSSR count). The first kappa shape index (κ1) is 14.7. The number of hydrogen-bond donors (Lipinski definition) is 2. The second-order valence-corrected chi connectivity index (χ2v) is 5.42. The smallest absolute Gasteiger partial charge is 0.145 e. The van der Waals surface area contributed by atoms with Crippen LogP contribution in [0.2, 0.25) is 5.02 Å². The van der Waals surface area contributed by atoms with Crippen molar-refractivity contribution in [2.45, 2.75) is 31.4 Å². The van der Waals surface area contributed by atoms with Crippen LogP contribution in [-0.2, 0) is 6.42 Å². The molecule has 0 saturated carbocycles. The number of aliphatic hydroxyl groups excluding tert-OH is 2. The maximum Gasteiger partial charge on any atom is 0.145 e. The van der Waals surface area contributed by atoms with Gasteiger partial charge in [0.25, 0.3) is 0 Å². The van der Waals surface area contributed by atoms with Crippen molar-refractivity contribution < 1.29 is 14.6 Å². The summed E-state index contributed by atoms with van der Waals surface area (Å²) in [5, 5.41) is 19.0. The van der Waals surface area contributed by atoms with Gasteiger partial charge in [-0.05, 0) is 30.9 Å². The second kappa shape index (κ2) is 6.66. The monoisotopic (exact) mass is 287 g/mol. The summed E-state index contributed by atoms with van der Waals surface area (Å²) < 4.78 is 13.8. The van der Waals surface area contributed by atoms with E-state index < -0.39 is 0 Å². The number of benzene rings is 1. The van der Waals surface area contributed by atoms with E-state index in [1.807, 2.05) is 0 Å². The quantitative estimate of drug-likeness (QED) is 0.888. The number of rotatable bonds is 4. The zero-order valence-electron chi connectivity index (χ0n) is 10.7. The molecule has 5 heteroatoms. The Bertz CT molecular complexity index is 430. The Hall–Kier alpha value is -0.680. The fraction of sp³-hybridized carbons (Fsp3) is 0.571. The van der Waals surface area contributed by atoms with Crippen molar-refractivity contribution in [2.24, 2.45) is 0 Å². The normalized spacial score (nSPS) is 24.6. The molecule has 0 aromatic heterocycles. The van der Waals surface area contributed by atoms with Gasteiger partial charge in [0.05, 0.1) is 17.7 Å². The van der Waals surface area contributed by atoms with Gasteiger partial charge in [-0.2, -0.15) is 0 Å². The van der Waals surface area contributed by atoms with Crippen molar-refractivity contribution in [1.82, 2.24) is 4.90 Å². The molecule has 0 spiro atoms. The lowest BCUT2D eigenvalue weighted by Gasteiger charge is -2.36. The zero-order chi connectivity index (χ0) is 13.8. The van der Waals surface area contributed by atoms with Gasteiger partial charge in [0.2, 0.25) is 0 Å². The second-order valence-electron chi connectivity index (χ2n) is 5.01. The third-order valence-electron chi connectivity index (χ3n) is 3.72. The average molecular weight is 288 g/mol. The van der Waals surface area contributed by atoms with Crippen LogP contribution in [0, 0.1) is 5.82 Å². The van der Waals surface area contributed by atoms with Gasteiger partial charge in [-0.1, -0.05) is 23.7 Å². The highest BCUT2D eigenvalue weighted by Gasteiger charge is 2.26. The van der Waals surface area contributed by atoms with Gasteiger partial charge >= 0.3 is 0 Å². The van der Waals surface area contributed by atoms with Crippen LogP contribution in [0.5, 0.6) is 0 Å². The molecule has 2 atom stereocenters. The Morgan fingerprint density at radius 2 is 2.21 bits per heavy atom. The summed E-state index contributed by atoms with van der Waals surface area (Å²) in [4.78, 5) is 2.10. The van der Waals surface area contributed by atoms with Crippen LogP contribution in [-0.4, -0.2) is 47.0 Å². The highest BCUT2D eigenvalue weighted by Crippen LogP contribution is 2.21. The van der Waals surface area contributed by atoms with Crippen molar-refractivity contribution in [3.8, 4) is 0 Å².